The van der Waals surface area contributed by atoms with Crippen LogP contribution in [-0.4, -0.2) is 40.0 Å². The van der Waals surface area contributed by atoms with Gasteiger partial charge in [-0.05, 0) is 35.9 Å². The first-order chi connectivity index (χ1) is 13.2. The summed E-state index contributed by atoms with van der Waals surface area (Å²) in [5, 5.41) is 13.2. The number of benzene rings is 1. The monoisotopic (exact) mass is 406 g/mol. The van der Waals surface area contributed by atoms with E-state index in [0.29, 0.717) is 11.3 Å². The Morgan fingerprint density at radius 1 is 1.36 bits per heavy atom. The van der Waals surface area contributed by atoms with Gasteiger partial charge in [0.2, 0.25) is 5.60 Å². The molecule has 4 N–H and O–H groups in total. The summed E-state index contributed by atoms with van der Waals surface area (Å²) in [5.41, 5.74) is 3.58. The third kappa shape index (κ3) is 3.80. The Balaban J connectivity index is 1.70. The van der Waals surface area contributed by atoms with Crippen molar-refractivity contribution in [3.8, 4) is 0 Å². The standard InChI is InChI=1S/C18H16ClFN4O4/c19-11-5-10(6-12(20)7-11)8-23-16(26)18(28)3-4-24(17(18)27)13-1-2-14(15(21)25)22-9-13/h1-2,5-7,9,28H,3-4,8H2,(H2,21,25)(H,23,26)/t18-/m0/s1. The number of nitrogens with two attached hydrogens (primary N) is 1. The normalized spacial score (nSPS) is 19.0. The van der Waals surface area contributed by atoms with Gasteiger partial charge in [-0.3, -0.25) is 14.4 Å². The van der Waals surface area contributed by atoms with Gasteiger partial charge in [-0.2, -0.15) is 0 Å². The number of rotatable bonds is 5. The van der Waals surface area contributed by atoms with Crippen LogP contribution in [0.4, 0.5) is 10.1 Å². The van der Waals surface area contributed by atoms with Crippen molar-refractivity contribution in [2.45, 2.75) is 18.6 Å². The number of hydrogen-bond donors (Lipinski definition) is 3. The number of carbonyl (C=O) groups is 3. The van der Waals surface area contributed by atoms with Gasteiger partial charge in [-0.15, -0.1) is 0 Å². The smallest absolute Gasteiger partial charge is 0.268 e. The number of pyridine rings is 1. The Kier molecular flexibility index (Phi) is 5.30. The lowest BCUT2D eigenvalue weighted by Crippen LogP contribution is -2.52. The SMILES string of the molecule is NC(=O)c1ccc(N2CC[C@](O)(C(=O)NCc3cc(F)cc(Cl)c3)C2=O)cn1. The molecule has 1 saturated heterocycles. The molecule has 0 bridgehead atoms. The Labute approximate surface area is 164 Å². The van der Waals surface area contributed by atoms with Crippen molar-refractivity contribution in [2.75, 3.05) is 11.4 Å². The minimum Gasteiger partial charge on any atom is -0.372 e. The first-order valence-corrected chi connectivity index (χ1v) is 8.62. The van der Waals surface area contributed by atoms with Crippen molar-refractivity contribution in [1.82, 2.24) is 10.3 Å². The lowest BCUT2D eigenvalue weighted by molar-refractivity contribution is -0.149. The van der Waals surface area contributed by atoms with Crippen molar-refractivity contribution in [3.05, 3.63) is 58.6 Å². The molecule has 2 heterocycles. The van der Waals surface area contributed by atoms with Crippen molar-refractivity contribution in [1.29, 1.82) is 0 Å². The van der Waals surface area contributed by atoms with E-state index < -0.39 is 29.1 Å². The molecule has 146 valence electrons. The molecule has 28 heavy (non-hydrogen) atoms. The maximum atomic E-state index is 13.4. The van der Waals surface area contributed by atoms with E-state index in [1.165, 1.54) is 35.4 Å². The number of aromatic nitrogens is 1. The van der Waals surface area contributed by atoms with E-state index >= 15 is 0 Å². The Morgan fingerprint density at radius 2 is 2.11 bits per heavy atom. The highest BCUT2D eigenvalue weighted by Crippen LogP contribution is 2.28. The molecule has 0 aliphatic carbocycles. The van der Waals surface area contributed by atoms with Crippen LogP contribution < -0.4 is 16.0 Å². The van der Waals surface area contributed by atoms with Crippen molar-refractivity contribution >= 4 is 35.0 Å². The number of primary amides is 1. The summed E-state index contributed by atoms with van der Waals surface area (Å²) in [6, 6.07) is 6.56. The van der Waals surface area contributed by atoms with Gasteiger partial charge in [0.05, 0.1) is 11.9 Å². The van der Waals surface area contributed by atoms with Gasteiger partial charge in [0.15, 0.2) is 0 Å². The Bertz CT molecular complexity index is 933. The maximum absolute atomic E-state index is 13.4. The second kappa shape index (κ2) is 7.53. The van der Waals surface area contributed by atoms with Gasteiger partial charge < -0.3 is 21.1 Å². The second-order valence-electron chi connectivity index (χ2n) is 6.29. The lowest BCUT2D eigenvalue weighted by atomic mass is 10.0. The second-order valence-corrected chi connectivity index (χ2v) is 6.73. The fraction of sp³-hybridized carbons (Fsp3) is 0.222. The fourth-order valence-electron chi connectivity index (χ4n) is 2.90. The van der Waals surface area contributed by atoms with Crippen LogP contribution in [0.1, 0.15) is 22.5 Å². The maximum Gasteiger partial charge on any atom is 0.268 e. The van der Waals surface area contributed by atoms with Crippen LogP contribution in [0.2, 0.25) is 5.02 Å². The van der Waals surface area contributed by atoms with Crippen molar-refractivity contribution in [2.24, 2.45) is 5.73 Å². The number of amides is 3. The number of nitrogens with one attached hydrogen (secondary N) is 1. The zero-order chi connectivity index (χ0) is 20.5. The molecule has 1 aliphatic rings. The number of halogens is 2. The summed E-state index contributed by atoms with van der Waals surface area (Å²) in [6.07, 6.45) is 1.12. The van der Waals surface area contributed by atoms with E-state index in [4.69, 9.17) is 17.3 Å². The third-order valence-corrected chi connectivity index (χ3v) is 4.58. The van der Waals surface area contributed by atoms with Crippen LogP contribution in [0.5, 0.6) is 0 Å². The molecule has 0 radical (unpaired) electrons. The van der Waals surface area contributed by atoms with Gasteiger partial charge in [0, 0.05) is 24.5 Å². The molecule has 1 aliphatic heterocycles. The summed E-state index contributed by atoms with van der Waals surface area (Å²) in [5.74, 6) is -3.00. The van der Waals surface area contributed by atoms with Crippen LogP contribution in [0, 0.1) is 5.82 Å². The summed E-state index contributed by atoms with van der Waals surface area (Å²) in [7, 11) is 0. The average Bonchev–Trinajstić information content (AvgIpc) is 2.95. The van der Waals surface area contributed by atoms with E-state index in [1.54, 1.807) is 0 Å². The van der Waals surface area contributed by atoms with E-state index in [1.807, 2.05) is 0 Å². The molecule has 3 rings (SSSR count). The molecule has 10 heteroatoms. The van der Waals surface area contributed by atoms with E-state index in [2.05, 4.69) is 10.3 Å². The van der Waals surface area contributed by atoms with E-state index in [0.717, 1.165) is 6.07 Å². The molecule has 8 nitrogen and oxygen atoms in total. The van der Waals surface area contributed by atoms with Gasteiger partial charge in [-0.25, -0.2) is 9.37 Å². The van der Waals surface area contributed by atoms with Crippen molar-refractivity contribution < 1.29 is 23.9 Å². The molecule has 2 aromatic rings. The van der Waals surface area contributed by atoms with Crippen molar-refractivity contribution in [3.63, 3.8) is 0 Å². The summed E-state index contributed by atoms with van der Waals surface area (Å²) in [6.45, 7) is -0.0348. The molecular weight excluding hydrogens is 391 g/mol. The van der Waals surface area contributed by atoms with Crippen LogP contribution in [0.15, 0.2) is 36.5 Å². The van der Waals surface area contributed by atoms with Gasteiger partial charge in [0.25, 0.3) is 17.7 Å². The number of hydrogen-bond acceptors (Lipinski definition) is 5. The first-order valence-electron chi connectivity index (χ1n) is 8.24. The van der Waals surface area contributed by atoms with Crippen LogP contribution in [0.25, 0.3) is 0 Å². The van der Waals surface area contributed by atoms with Gasteiger partial charge >= 0.3 is 0 Å². The molecule has 1 atom stereocenters. The minimum absolute atomic E-state index is 0.0251. The average molecular weight is 407 g/mol. The highest BCUT2D eigenvalue weighted by Gasteiger charge is 2.51. The first kappa shape index (κ1) is 19.7. The number of aliphatic hydroxyl groups is 1. The highest BCUT2D eigenvalue weighted by molar-refractivity contribution is 6.30. The quantitative estimate of drug-likeness (QED) is 0.632. The number of nitrogens with zero attached hydrogens (tertiary/aromatic N) is 2. The zero-order valence-electron chi connectivity index (χ0n) is 14.5. The highest BCUT2D eigenvalue weighted by atomic mass is 35.5. The van der Waals surface area contributed by atoms with Crippen LogP contribution >= 0.6 is 11.6 Å². The minimum atomic E-state index is -2.26. The molecule has 1 aromatic carbocycles. The molecule has 1 fully saturated rings. The molecule has 1 aromatic heterocycles. The van der Waals surface area contributed by atoms with E-state index in [9.17, 15) is 23.9 Å². The summed E-state index contributed by atoms with van der Waals surface area (Å²) in [4.78, 5) is 41.2. The predicted molar refractivity (Wildman–Crippen MR) is 97.9 cm³/mol. The Hall–Kier alpha value is -3.04. The summed E-state index contributed by atoms with van der Waals surface area (Å²) < 4.78 is 13.4. The topological polar surface area (TPSA) is 126 Å². The third-order valence-electron chi connectivity index (χ3n) is 4.36. The van der Waals surface area contributed by atoms with Gasteiger partial charge in [0.1, 0.15) is 11.5 Å². The van der Waals surface area contributed by atoms with Crippen LogP contribution in [-0.2, 0) is 16.1 Å². The number of anilines is 1. The van der Waals surface area contributed by atoms with Crippen LogP contribution in [0.3, 0.4) is 0 Å². The molecule has 0 unspecified atom stereocenters. The van der Waals surface area contributed by atoms with E-state index in [-0.39, 0.29) is 30.2 Å². The zero-order valence-corrected chi connectivity index (χ0v) is 15.2. The fourth-order valence-corrected chi connectivity index (χ4v) is 3.14. The summed E-state index contributed by atoms with van der Waals surface area (Å²) >= 11 is 5.76. The molecule has 0 spiro atoms. The molecule has 0 saturated carbocycles. The van der Waals surface area contributed by atoms with Gasteiger partial charge in [-0.1, -0.05) is 11.6 Å². The molecule has 3 amide bonds. The predicted octanol–water partition coefficient (Wildman–Crippen LogP) is 0.757. The lowest BCUT2D eigenvalue weighted by Gasteiger charge is -2.21. The largest absolute Gasteiger partial charge is 0.372 e. The molecular formula is C18H16ClFN4O4. The number of carbonyl (C=O) groups excluding carboxylic acids is 3. The Morgan fingerprint density at radius 3 is 2.71 bits per heavy atom.